The van der Waals surface area contributed by atoms with E-state index in [-0.39, 0.29) is 17.4 Å². The van der Waals surface area contributed by atoms with Crippen LogP contribution in [-0.4, -0.2) is 55.0 Å². The number of carbonyl (C=O) groups is 2. The van der Waals surface area contributed by atoms with Gasteiger partial charge >= 0.3 is 0 Å². The van der Waals surface area contributed by atoms with Gasteiger partial charge in [0.2, 0.25) is 0 Å². The summed E-state index contributed by atoms with van der Waals surface area (Å²) < 4.78 is 11.5. The zero-order chi connectivity index (χ0) is 21.6. The van der Waals surface area contributed by atoms with E-state index >= 15 is 0 Å². The third-order valence-corrected chi connectivity index (χ3v) is 5.59. The monoisotopic (exact) mass is 411 g/mol. The first-order chi connectivity index (χ1) is 14.3. The number of furan rings is 1. The number of ether oxygens (including phenoxy) is 1. The van der Waals surface area contributed by atoms with Crippen molar-refractivity contribution in [3.8, 4) is 5.75 Å². The predicted molar refractivity (Wildman–Crippen MR) is 110 cm³/mol. The van der Waals surface area contributed by atoms with Gasteiger partial charge in [0, 0.05) is 12.0 Å². The van der Waals surface area contributed by atoms with Gasteiger partial charge in [0.1, 0.15) is 35.2 Å². The van der Waals surface area contributed by atoms with Crippen LogP contribution >= 0.6 is 0 Å². The summed E-state index contributed by atoms with van der Waals surface area (Å²) in [5.41, 5.74) is 1.54. The first kappa shape index (κ1) is 20.2. The van der Waals surface area contributed by atoms with Gasteiger partial charge in [-0.15, -0.1) is 0 Å². The van der Waals surface area contributed by atoms with E-state index in [1.54, 1.807) is 31.2 Å². The van der Waals surface area contributed by atoms with E-state index in [1.165, 1.54) is 4.90 Å². The molecule has 2 aromatic rings. The number of rotatable bonds is 5. The Morgan fingerprint density at radius 3 is 2.67 bits per heavy atom. The Bertz CT molecular complexity index is 1040. The number of hydrogen-bond acceptors (Lipinski definition) is 5. The Kier molecular flexibility index (Phi) is 5.15. The number of quaternary nitrogens is 1. The minimum Gasteiger partial charge on any atom is -0.507 e. The number of likely N-dealkylation sites (N-methyl/N-ethyl adjacent to an activating group) is 1. The maximum Gasteiger partial charge on any atom is 0.295 e. The zero-order valence-electron chi connectivity index (χ0n) is 17.7. The molecule has 1 aromatic heterocycles. The van der Waals surface area contributed by atoms with Crippen molar-refractivity contribution in [3.63, 3.8) is 0 Å². The van der Waals surface area contributed by atoms with Gasteiger partial charge in [-0.2, -0.15) is 0 Å². The van der Waals surface area contributed by atoms with E-state index in [9.17, 15) is 14.7 Å². The van der Waals surface area contributed by atoms with Crippen LogP contribution in [-0.2, 0) is 16.0 Å². The smallest absolute Gasteiger partial charge is 0.295 e. The van der Waals surface area contributed by atoms with Gasteiger partial charge in [-0.3, -0.25) is 9.59 Å². The van der Waals surface area contributed by atoms with Crippen molar-refractivity contribution in [3.05, 3.63) is 58.6 Å². The van der Waals surface area contributed by atoms with Crippen molar-refractivity contribution < 1.29 is 28.7 Å². The molecule has 30 heavy (non-hydrogen) atoms. The van der Waals surface area contributed by atoms with Gasteiger partial charge in [-0.25, -0.2) is 0 Å². The van der Waals surface area contributed by atoms with Crippen molar-refractivity contribution in [1.82, 2.24) is 4.90 Å². The summed E-state index contributed by atoms with van der Waals surface area (Å²) in [7, 11) is 3.96. The molecule has 2 N–H and O–H groups in total. The quantitative estimate of drug-likeness (QED) is 0.442. The lowest BCUT2D eigenvalue weighted by Crippen LogP contribution is -3.06. The molecule has 2 aliphatic heterocycles. The SMILES string of the molecule is Cc1ccc([C@@H]2C(=C(O)c3ccc4c(c3)C[C@@H](C)O4)C(=O)C(=O)N2CC[NH+](C)C)o1. The average molecular weight is 411 g/mol. The molecule has 0 spiro atoms. The number of hydrogen-bond donors (Lipinski definition) is 2. The lowest BCUT2D eigenvalue weighted by molar-refractivity contribution is -0.857. The van der Waals surface area contributed by atoms with E-state index in [0.29, 0.717) is 30.2 Å². The minimum atomic E-state index is -0.749. The van der Waals surface area contributed by atoms with E-state index in [0.717, 1.165) is 22.6 Å². The highest BCUT2D eigenvalue weighted by atomic mass is 16.5. The van der Waals surface area contributed by atoms with Crippen molar-refractivity contribution in [2.24, 2.45) is 0 Å². The lowest BCUT2D eigenvalue weighted by Gasteiger charge is -2.23. The van der Waals surface area contributed by atoms with Gasteiger partial charge in [0.15, 0.2) is 0 Å². The molecule has 0 saturated carbocycles. The predicted octanol–water partition coefficient (Wildman–Crippen LogP) is 1.48. The summed E-state index contributed by atoms with van der Waals surface area (Å²) in [6.45, 7) is 4.83. The minimum absolute atomic E-state index is 0.0648. The Morgan fingerprint density at radius 2 is 2.00 bits per heavy atom. The summed E-state index contributed by atoms with van der Waals surface area (Å²) in [6, 6.07) is 8.14. The van der Waals surface area contributed by atoms with Crippen molar-refractivity contribution in [2.45, 2.75) is 32.4 Å². The number of Topliss-reactive ketones (excluding diaryl/α,β-unsaturated/α-hetero) is 1. The largest absolute Gasteiger partial charge is 0.507 e. The Labute approximate surface area is 175 Å². The number of amides is 1. The first-order valence-corrected chi connectivity index (χ1v) is 10.2. The summed E-state index contributed by atoms with van der Waals surface area (Å²) >= 11 is 0. The highest BCUT2D eigenvalue weighted by Crippen LogP contribution is 2.40. The molecule has 2 atom stereocenters. The van der Waals surface area contributed by atoms with Gasteiger partial charge < -0.3 is 24.1 Å². The van der Waals surface area contributed by atoms with Crippen molar-refractivity contribution >= 4 is 17.4 Å². The maximum atomic E-state index is 13.0. The molecule has 1 fully saturated rings. The summed E-state index contributed by atoms with van der Waals surface area (Å²) in [5, 5.41) is 11.1. The van der Waals surface area contributed by atoms with E-state index in [2.05, 4.69) is 0 Å². The number of nitrogens with zero attached hydrogens (tertiary/aromatic N) is 1. The number of likely N-dealkylation sites (tertiary alicyclic amines) is 1. The second kappa shape index (κ2) is 7.65. The molecule has 2 aliphatic rings. The fourth-order valence-electron chi connectivity index (χ4n) is 4.08. The fourth-order valence-corrected chi connectivity index (χ4v) is 4.08. The van der Waals surface area contributed by atoms with Crippen LogP contribution in [0.25, 0.3) is 5.76 Å². The summed E-state index contributed by atoms with van der Waals surface area (Å²) in [6.07, 6.45) is 0.805. The Morgan fingerprint density at radius 1 is 1.23 bits per heavy atom. The van der Waals surface area contributed by atoms with Crippen LogP contribution < -0.4 is 9.64 Å². The number of fused-ring (bicyclic) bond motifs is 1. The molecular formula is C23H27N2O5+. The second-order valence-corrected chi connectivity index (χ2v) is 8.35. The van der Waals surface area contributed by atoms with Gasteiger partial charge in [0.25, 0.3) is 11.7 Å². The Hall–Kier alpha value is -3.06. The topological polar surface area (TPSA) is 84.4 Å². The van der Waals surface area contributed by atoms with Crippen molar-refractivity contribution in [1.29, 1.82) is 0 Å². The highest BCUT2D eigenvalue weighted by molar-refractivity contribution is 6.46. The number of nitrogens with one attached hydrogen (secondary N) is 1. The van der Waals surface area contributed by atoms with E-state index in [1.807, 2.05) is 27.1 Å². The van der Waals surface area contributed by atoms with Gasteiger partial charge in [0.05, 0.1) is 32.8 Å². The van der Waals surface area contributed by atoms with Gasteiger partial charge in [-0.1, -0.05) is 0 Å². The zero-order valence-corrected chi connectivity index (χ0v) is 17.7. The molecule has 0 radical (unpaired) electrons. The molecule has 1 saturated heterocycles. The summed E-state index contributed by atoms with van der Waals surface area (Å²) in [4.78, 5) is 28.5. The highest BCUT2D eigenvalue weighted by Gasteiger charge is 2.47. The Balaban J connectivity index is 1.80. The molecule has 1 amide bonds. The molecule has 158 valence electrons. The third kappa shape index (κ3) is 3.50. The van der Waals surface area contributed by atoms with Crippen LogP contribution in [0.15, 0.2) is 40.3 Å². The second-order valence-electron chi connectivity index (χ2n) is 8.35. The van der Waals surface area contributed by atoms with Crippen LogP contribution in [0.4, 0.5) is 0 Å². The first-order valence-electron chi connectivity index (χ1n) is 10.2. The van der Waals surface area contributed by atoms with Crippen LogP contribution in [0.3, 0.4) is 0 Å². The molecule has 4 rings (SSSR count). The molecule has 0 aliphatic carbocycles. The fraction of sp³-hybridized carbons (Fsp3) is 0.391. The number of ketones is 1. The van der Waals surface area contributed by atoms with Gasteiger partial charge in [-0.05, 0) is 49.7 Å². The summed E-state index contributed by atoms with van der Waals surface area (Å²) in [5.74, 6) is 0.444. The molecule has 1 aromatic carbocycles. The molecule has 0 bridgehead atoms. The van der Waals surface area contributed by atoms with E-state index in [4.69, 9.17) is 9.15 Å². The molecule has 3 heterocycles. The standard InChI is InChI=1S/C23H26N2O5/c1-13-5-7-18(29-13)20-19(22(27)23(28)25(20)10-9-24(3)4)21(26)15-6-8-17-16(12-15)11-14(2)30-17/h5-8,12,14,20,26H,9-11H2,1-4H3/p+1/t14-,20-/m1/s1. The van der Waals surface area contributed by atoms with Crippen molar-refractivity contribution in [2.75, 3.05) is 27.2 Å². The van der Waals surface area contributed by atoms with E-state index < -0.39 is 17.7 Å². The van der Waals surface area contributed by atoms with Crippen LogP contribution in [0.2, 0.25) is 0 Å². The number of aliphatic hydroxyl groups is 1. The molecule has 0 unspecified atom stereocenters. The van der Waals surface area contributed by atoms with Crippen LogP contribution in [0.5, 0.6) is 5.75 Å². The molecule has 7 nitrogen and oxygen atoms in total. The van der Waals surface area contributed by atoms with Crippen LogP contribution in [0.1, 0.15) is 35.6 Å². The number of aryl methyl sites for hydroxylation is 1. The lowest BCUT2D eigenvalue weighted by atomic mass is 9.97. The normalized spacial score (nSPS) is 22.6. The van der Waals surface area contributed by atoms with Crippen LogP contribution in [0, 0.1) is 6.92 Å². The third-order valence-electron chi connectivity index (χ3n) is 5.59. The number of carbonyl (C=O) groups excluding carboxylic acids is 2. The molecule has 7 heteroatoms. The number of aliphatic hydroxyl groups excluding tert-OH is 1. The maximum absolute atomic E-state index is 13.0. The number of benzene rings is 1. The average Bonchev–Trinajstić information content (AvgIpc) is 3.35. The molecular weight excluding hydrogens is 384 g/mol.